The number of H-pyrrole nitrogens is 1. The van der Waals surface area contributed by atoms with Gasteiger partial charge in [0.1, 0.15) is 12.2 Å². The molecular weight excluding hydrogens is 216 g/mol. The molecule has 15 heavy (non-hydrogen) atoms. The van der Waals surface area contributed by atoms with Crippen LogP contribution in [0.5, 0.6) is 0 Å². The molecule has 6 nitrogen and oxygen atoms in total. The Hall–Kier alpha value is -0.950. The van der Waals surface area contributed by atoms with Gasteiger partial charge in [-0.05, 0) is 12.8 Å². The number of hydrogen-bond donors (Lipinski definition) is 2. The maximum absolute atomic E-state index is 11.8. The summed E-state index contributed by atoms with van der Waals surface area (Å²) in [6, 6.07) is 0. The van der Waals surface area contributed by atoms with Crippen molar-refractivity contribution in [2.75, 3.05) is 0 Å². The summed E-state index contributed by atoms with van der Waals surface area (Å²) >= 11 is 0. The second-order valence-electron chi connectivity index (χ2n) is 3.70. The van der Waals surface area contributed by atoms with E-state index in [-0.39, 0.29) is 11.8 Å². The molecule has 0 unspecified atom stereocenters. The lowest BCUT2D eigenvalue weighted by Gasteiger charge is -2.10. The summed E-state index contributed by atoms with van der Waals surface area (Å²) in [7, 11) is -3.17. The smallest absolute Gasteiger partial charge is 0.214 e. The zero-order valence-corrected chi connectivity index (χ0v) is 9.13. The molecule has 0 spiro atoms. The number of nitrogens with one attached hydrogen (secondary N) is 2. The fourth-order valence-corrected chi connectivity index (χ4v) is 3.33. The van der Waals surface area contributed by atoms with E-state index in [0.29, 0.717) is 5.82 Å². The highest BCUT2D eigenvalue weighted by atomic mass is 32.2. The van der Waals surface area contributed by atoms with E-state index in [1.165, 1.54) is 6.33 Å². The maximum Gasteiger partial charge on any atom is 0.214 e. The van der Waals surface area contributed by atoms with Gasteiger partial charge < -0.3 is 0 Å². The van der Waals surface area contributed by atoms with Crippen LogP contribution in [0.3, 0.4) is 0 Å². The Morgan fingerprint density at radius 2 is 2.20 bits per heavy atom. The Labute approximate surface area is 88.5 Å². The van der Waals surface area contributed by atoms with Gasteiger partial charge in [-0.1, -0.05) is 12.8 Å². The van der Waals surface area contributed by atoms with E-state index in [4.69, 9.17) is 0 Å². The standard InChI is InChI=1S/C8H14N4O2S/c13-15(14,7-3-1-2-4-7)11-5-8-9-6-10-12-8/h6-7,11H,1-5H2,(H,9,10,12). The summed E-state index contributed by atoms with van der Waals surface area (Å²) in [5, 5.41) is 6.04. The molecule has 1 fully saturated rings. The minimum Gasteiger partial charge on any atom is -0.262 e. The molecule has 1 aliphatic rings. The lowest BCUT2D eigenvalue weighted by molar-refractivity contribution is 0.562. The molecule has 1 aromatic heterocycles. The summed E-state index contributed by atoms with van der Waals surface area (Å²) in [6.45, 7) is 0.193. The molecule has 0 bridgehead atoms. The largest absolute Gasteiger partial charge is 0.262 e. The average Bonchev–Trinajstić information content (AvgIpc) is 2.88. The van der Waals surface area contributed by atoms with Crippen molar-refractivity contribution in [3.05, 3.63) is 12.2 Å². The lowest BCUT2D eigenvalue weighted by Crippen LogP contribution is -2.32. The van der Waals surface area contributed by atoms with Gasteiger partial charge in [-0.3, -0.25) is 5.10 Å². The first-order valence-electron chi connectivity index (χ1n) is 5.01. The molecule has 1 aliphatic carbocycles. The first kappa shape index (κ1) is 10.6. The van der Waals surface area contributed by atoms with Crippen LogP contribution >= 0.6 is 0 Å². The van der Waals surface area contributed by atoms with Crippen molar-refractivity contribution in [1.82, 2.24) is 19.9 Å². The van der Waals surface area contributed by atoms with Gasteiger partial charge in [0, 0.05) is 0 Å². The highest BCUT2D eigenvalue weighted by Crippen LogP contribution is 2.23. The van der Waals surface area contributed by atoms with Crippen LogP contribution in [0.1, 0.15) is 31.5 Å². The molecule has 0 atom stereocenters. The molecule has 0 radical (unpaired) electrons. The van der Waals surface area contributed by atoms with Crippen molar-refractivity contribution in [2.45, 2.75) is 37.5 Å². The molecular formula is C8H14N4O2S. The van der Waals surface area contributed by atoms with Crippen molar-refractivity contribution >= 4 is 10.0 Å². The van der Waals surface area contributed by atoms with E-state index in [0.717, 1.165) is 25.7 Å². The number of aromatic amines is 1. The van der Waals surface area contributed by atoms with Crippen LogP contribution in [0.2, 0.25) is 0 Å². The zero-order valence-electron chi connectivity index (χ0n) is 8.31. The van der Waals surface area contributed by atoms with Gasteiger partial charge in [0.05, 0.1) is 11.8 Å². The van der Waals surface area contributed by atoms with E-state index < -0.39 is 10.0 Å². The summed E-state index contributed by atoms with van der Waals surface area (Å²) < 4.78 is 26.1. The van der Waals surface area contributed by atoms with Gasteiger partial charge in [-0.25, -0.2) is 18.1 Å². The van der Waals surface area contributed by atoms with Gasteiger partial charge >= 0.3 is 0 Å². The fourth-order valence-electron chi connectivity index (χ4n) is 1.80. The summed E-state index contributed by atoms with van der Waals surface area (Å²) in [5.74, 6) is 0.538. The molecule has 1 aromatic rings. The van der Waals surface area contributed by atoms with Gasteiger partial charge in [-0.2, -0.15) is 5.10 Å². The van der Waals surface area contributed by atoms with Crippen LogP contribution in [0.25, 0.3) is 0 Å². The molecule has 0 saturated heterocycles. The topological polar surface area (TPSA) is 87.7 Å². The first-order chi connectivity index (χ1) is 7.18. The van der Waals surface area contributed by atoms with Gasteiger partial charge in [0.25, 0.3) is 0 Å². The molecule has 0 aliphatic heterocycles. The number of hydrogen-bond acceptors (Lipinski definition) is 4. The third-order valence-electron chi connectivity index (χ3n) is 2.65. The molecule has 2 N–H and O–H groups in total. The quantitative estimate of drug-likeness (QED) is 0.771. The molecule has 0 aromatic carbocycles. The van der Waals surface area contributed by atoms with Gasteiger partial charge in [0.15, 0.2) is 0 Å². The zero-order chi connectivity index (χ0) is 10.7. The SMILES string of the molecule is O=S(=O)(NCc1ncn[nH]1)C1CCCC1. The summed E-state index contributed by atoms with van der Waals surface area (Å²) in [4.78, 5) is 3.85. The second kappa shape index (κ2) is 4.28. The normalized spacial score (nSPS) is 18.4. The minimum absolute atomic E-state index is 0.193. The molecule has 2 rings (SSSR count). The van der Waals surface area contributed by atoms with E-state index in [2.05, 4.69) is 19.9 Å². The molecule has 0 amide bonds. The fraction of sp³-hybridized carbons (Fsp3) is 0.750. The third kappa shape index (κ3) is 2.54. The van der Waals surface area contributed by atoms with E-state index >= 15 is 0 Å². The highest BCUT2D eigenvalue weighted by molar-refractivity contribution is 7.90. The lowest BCUT2D eigenvalue weighted by atomic mass is 10.4. The Morgan fingerprint density at radius 3 is 2.80 bits per heavy atom. The van der Waals surface area contributed by atoms with Crippen molar-refractivity contribution < 1.29 is 8.42 Å². The highest BCUT2D eigenvalue weighted by Gasteiger charge is 2.28. The molecule has 7 heteroatoms. The van der Waals surface area contributed by atoms with E-state index in [1.807, 2.05) is 0 Å². The van der Waals surface area contributed by atoms with Crippen LogP contribution in [-0.2, 0) is 16.6 Å². The van der Waals surface area contributed by atoms with Gasteiger partial charge in [0.2, 0.25) is 10.0 Å². The van der Waals surface area contributed by atoms with Crippen molar-refractivity contribution in [3.8, 4) is 0 Å². The Balaban J connectivity index is 1.93. The van der Waals surface area contributed by atoms with E-state index in [1.54, 1.807) is 0 Å². The Kier molecular flexibility index (Phi) is 3.01. The summed E-state index contributed by atoms with van der Waals surface area (Å²) in [5.41, 5.74) is 0. The van der Waals surface area contributed by atoms with Crippen LogP contribution in [-0.4, -0.2) is 28.8 Å². The molecule has 84 valence electrons. The van der Waals surface area contributed by atoms with Crippen LogP contribution < -0.4 is 4.72 Å². The average molecular weight is 230 g/mol. The summed E-state index contributed by atoms with van der Waals surface area (Å²) in [6.07, 6.45) is 4.92. The first-order valence-corrected chi connectivity index (χ1v) is 6.56. The van der Waals surface area contributed by atoms with Crippen LogP contribution in [0.4, 0.5) is 0 Å². The predicted octanol–water partition coefficient (Wildman–Crippen LogP) is 0.167. The van der Waals surface area contributed by atoms with Gasteiger partial charge in [-0.15, -0.1) is 0 Å². The predicted molar refractivity (Wildman–Crippen MR) is 54.4 cm³/mol. The molecule has 1 saturated carbocycles. The Bertz CT molecular complexity index is 394. The number of aromatic nitrogens is 3. The minimum atomic E-state index is -3.17. The number of nitrogens with zero attached hydrogens (tertiary/aromatic N) is 2. The van der Waals surface area contributed by atoms with Crippen LogP contribution in [0, 0.1) is 0 Å². The monoisotopic (exact) mass is 230 g/mol. The number of sulfonamides is 1. The third-order valence-corrected chi connectivity index (χ3v) is 4.54. The van der Waals surface area contributed by atoms with Crippen molar-refractivity contribution in [2.24, 2.45) is 0 Å². The second-order valence-corrected chi connectivity index (χ2v) is 5.75. The van der Waals surface area contributed by atoms with E-state index in [9.17, 15) is 8.42 Å². The van der Waals surface area contributed by atoms with Crippen molar-refractivity contribution in [1.29, 1.82) is 0 Å². The van der Waals surface area contributed by atoms with Crippen molar-refractivity contribution in [3.63, 3.8) is 0 Å². The number of rotatable bonds is 4. The Morgan fingerprint density at radius 1 is 1.47 bits per heavy atom. The maximum atomic E-state index is 11.8. The van der Waals surface area contributed by atoms with Crippen LogP contribution in [0.15, 0.2) is 6.33 Å². The molecule has 1 heterocycles.